The van der Waals surface area contributed by atoms with E-state index in [0.29, 0.717) is 45.0 Å². The SMILES string of the molecule is CC(=O)N1CCN(C(=O)c2cccc(COCc3cnc(Nc4ccccn4)s3)c2)CC1. The lowest BCUT2D eigenvalue weighted by Crippen LogP contribution is -2.50. The second-order valence-electron chi connectivity index (χ2n) is 7.46. The van der Waals surface area contributed by atoms with Crippen LogP contribution in [0.3, 0.4) is 0 Å². The van der Waals surface area contributed by atoms with Gasteiger partial charge < -0.3 is 19.9 Å². The third kappa shape index (κ3) is 5.68. The molecule has 9 heteroatoms. The minimum Gasteiger partial charge on any atom is -0.371 e. The Morgan fingerprint density at radius 3 is 2.59 bits per heavy atom. The van der Waals surface area contributed by atoms with Crippen molar-refractivity contribution < 1.29 is 14.3 Å². The first kappa shape index (κ1) is 21.9. The van der Waals surface area contributed by atoms with Crippen molar-refractivity contribution in [3.8, 4) is 0 Å². The van der Waals surface area contributed by atoms with Gasteiger partial charge in [-0.05, 0) is 29.8 Å². The third-order valence-electron chi connectivity index (χ3n) is 5.15. The highest BCUT2D eigenvalue weighted by molar-refractivity contribution is 7.15. The molecular formula is C23H25N5O3S. The number of rotatable bonds is 7. The molecule has 0 saturated carbocycles. The Hall–Kier alpha value is -3.30. The van der Waals surface area contributed by atoms with Gasteiger partial charge in [0.2, 0.25) is 5.91 Å². The van der Waals surface area contributed by atoms with Gasteiger partial charge in [0.15, 0.2) is 5.13 Å². The van der Waals surface area contributed by atoms with Crippen LogP contribution in [0.25, 0.3) is 0 Å². The van der Waals surface area contributed by atoms with Crippen LogP contribution in [0.2, 0.25) is 0 Å². The van der Waals surface area contributed by atoms with E-state index in [9.17, 15) is 9.59 Å². The number of ether oxygens (including phenoxy) is 1. The second-order valence-corrected chi connectivity index (χ2v) is 8.58. The highest BCUT2D eigenvalue weighted by Crippen LogP contribution is 2.22. The number of carbonyl (C=O) groups is 2. The van der Waals surface area contributed by atoms with Gasteiger partial charge in [0.1, 0.15) is 5.82 Å². The van der Waals surface area contributed by atoms with Crippen LogP contribution in [0, 0.1) is 0 Å². The molecule has 1 aliphatic heterocycles. The van der Waals surface area contributed by atoms with E-state index >= 15 is 0 Å². The van der Waals surface area contributed by atoms with Gasteiger partial charge in [0.25, 0.3) is 5.91 Å². The molecular weight excluding hydrogens is 426 g/mol. The van der Waals surface area contributed by atoms with Crippen molar-refractivity contribution in [2.75, 3.05) is 31.5 Å². The summed E-state index contributed by atoms with van der Waals surface area (Å²) in [5, 5.41) is 3.93. The average molecular weight is 452 g/mol. The van der Waals surface area contributed by atoms with Gasteiger partial charge in [-0.3, -0.25) is 9.59 Å². The number of benzene rings is 1. The maximum Gasteiger partial charge on any atom is 0.253 e. The first-order valence-corrected chi connectivity index (χ1v) is 11.2. The molecule has 3 heterocycles. The van der Waals surface area contributed by atoms with Crippen LogP contribution >= 0.6 is 11.3 Å². The molecule has 1 aromatic carbocycles. The molecule has 1 saturated heterocycles. The number of hydrogen-bond donors (Lipinski definition) is 1. The zero-order valence-electron chi connectivity index (χ0n) is 17.9. The van der Waals surface area contributed by atoms with Crippen LogP contribution in [0.5, 0.6) is 0 Å². The smallest absolute Gasteiger partial charge is 0.253 e. The number of aromatic nitrogens is 2. The molecule has 0 bridgehead atoms. The summed E-state index contributed by atoms with van der Waals surface area (Å²) < 4.78 is 5.85. The Kier molecular flexibility index (Phi) is 7.08. The minimum atomic E-state index is -0.0113. The number of pyridine rings is 1. The molecule has 0 unspecified atom stereocenters. The number of nitrogens with zero attached hydrogens (tertiary/aromatic N) is 4. The summed E-state index contributed by atoms with van der Waals surface area (Å²) in [5.41, 5.74) is 1.58. The van der Waals surface area contributed by atoms with Crippen LogP contribution < -0.4 is 5.32 Å². The van der Waals surface area contributed by atoms with Gasteiger partial charge in [-0.1, -0.05) is 29.5 Å². The van der Waals surface area contributed by atoms with Gasteiger partial charge in [0.05, 0.1) is 18.1 Å². The van der Waals surface area contributed by atoms with Crippen molar-refractivity contribution in [3.05, 3.63) is 70.9 Å². The maximum atomic E-state index is 12.8. The van der Waals surface area contributed by atoms with E-state index in [2.05, 4.69) is 15.3 Å². The molecule has 1 N–H and O–H groups in total. The zero-order valence-corrected chi connectivity index (χ0v) is 18.7. The van der Waals surface area contributed by atoms with Crippen molar-refractivity contribution >= 4 is 34.1 Å². The molecule has 32 heavy (non-hydrogen) atoms. The fraction of sp³-hybridized carbons (Fsp3) is 0.304. The van der Waals surface area contributed by atoms with Gasteiger partial charge in [-0.2, -0.15) is 0 Å². The molecule has 8 nitrogen and oxygen atoms in total. The van der Waals surface area contributed by atoms with Crippen LogP contribution in [-0.4, -0.2) is 57.8 Å². The number of amides is 2. The van der Waals surface area contributed by atoms with Crippen molar-refractivity contribution in [2.24, 2.45) is 0 Å². The van der Waals surface area contributed by atoms with E-state index in [1.54, 1.807) is 29.1 Å². The molecule has 2 aromatic heterocycles. The Balaban J connectivity index is 1.27. The van der Waals surface area contributed by atoms with Crippen molar-refractivity contribution in [3.63, 3.8) is 0 Å². The standard InChI is InChI=1S/C23H25N5O3S/c1-17(29)27-9-11-28(12-10-27)22(30)19-6-4-5-18(13-19)15-31-16-20-14-25-23(32-20)26-21-7-2-3-8-24-21/h2-8,13-14H,9-12,15-16H2,1H3,(H,24,25,26). The van der Waals surface area contributed by atoms with Crippen LogP contribution in [0.4, 0.5) is 10.9 Å². The first-order valence-electron chi connectivity index (χ1n) is 10.4. The predicted molar refractivity (Wildman–Crippen MR) is 123 cm³/mol. The molecule has 1 fully saturated rings. The quantitative estimate of drug-likeness (QED) is 0.593. The number of hydrogen-bond acceptors (Lipinski definition) is 7. The number of anilines is 2. The number of thiazole rings is 1. The van der Waals surface area contributed by atoms with E-state index in [-0.39, 0.29) is 11.8 Å². The number of carbonyl (C=O) groups excluding carboxylic acids is 2. The lowest BCUT2D eigenvalue weighted by molar-refractivity contribution is -0.130. The van der Waals surface area contributed by atoms with E-state index in [0.717, 1.165) is 21.4 Å². The summed E-state index contributed by atoms with van der Waals surface area (Å²) in [5.74, 6) is 0.790. The molecule has 0 radical (unpaired) electrons. The topological polar surface area (TPSA) is 87.7 Å². The van der Waals surface area contributed by atoms with Crippen molar-refractivity contribution in [1.29, 1.82) is 0 Å². The van der Waals surface area contributed by atoms with Crippen LogP contribution in [0.1, 0.15) is 27.7 Å². The van der Waals surface area contributed by atoms with Gasteiger partial charge in [0, 0.05) is 51.1 Å². The van der Waals surface area contributed by atoms with Crippen LogP contribution in [-0.2, 0) is 22.7 Å². The summed E-state index contributed by atoms with van der Waals surface area (Å²) in [4.78, 5) is 37.5. The Morgan fingerprint density at radius 2 is 1.84 bits per heavy atom. The summed E-state index contributed by atoms with van der Waals surface area (Å²) in [6, 6.07) is 13.2. The summed E-state index contributed by atoms with van der Waals surface area (Å²) in [6.45, 7) is 4.67. The fourth-order valence-electron chi connectivity index (χ4n) is 3.45. The molecule has 1 aliphatic rings. The van der Waals surface area contributed by atoms with E-state index in [1.807, 2.05) is 42.5 Å². The van der Waals surface area contributed by atoms with Crippen molar-refractivity contribution in [1.82, 2.24) is 19.8 Å². The Morgan fingerprint density at radius 1 is 1.03 bits per heavy atom. The molecule has 2 amide bonds. The lowest BCUT2D eigenvalue weighted by Gasteiger charge is -2.34. The highest BCUT2D eigenvalue weighted by atomic mass is 32.1. The summed E-state index contributed by atoms with van der Waals surface area (Å²) >= 11 is 1.52. The zero-order chi connectivity index (χ0) is 22.3. The van der Waals surface area contributed by atoms with Gasteiger partial charge in [-0.25, -0.2) is 9.97 Å². The largest absolute Gasteiger partial charge is 0.371 e. The van der Waals surface area contributed by atoms with Crippen LogP contribution in [0.15, 0.2) is 54.9 Å². The van der Waals surface area contributed by atoms with E-state index in [4.69, 9.17) is 4.74 Å². The van der Waals surface area contributed by atoms with Gasteiger partial charge >= 0.3 is 0 Å². The molecule has 0 atom stereocenters. The second kappa shape index (κ2) is 10.3. The summed E-state index contributed by atoms with van der Waals surface area (Å²) in [6.07, 6.45) is 3.52. The molecule has 0 spiro atoms. The summed E-state index contributed by atoms with van der Waals surface area (Å²) in [7, 11) is 0. The molecule has 0 aliphatic carbocycles. The minimum absolute atomic E-state index is 0.0113. The molecule has 3 aromatic rings. The van der Waals surface area contributed by atoms with Gasteiger partial charge in [-0.15, -0.1) is 0 Å². The number of nitrogens with one attached hydrogen (secondary N) is 1. The third-order valence-corrected chi connectivity index (χ3v) is 6.04. The Labute approximate surface area is 190 Å². The van der Waals surface area contributed by atoms with Crippen molar-refractivity contribution in [2.45, 2.75) is 20.1 Å². The molecule has 4 rings (SSSR count). The molecule has 166 valence electrons. The Bertz CT molecular complexity index is 1060. The van der Waals surface area contributed by atoms with E-state index in [1.165, 1.54) is 11.3 Å². The first-order chi connectivity index (χ1) is 15.6. The predicted octanol–water partition coefficient (Wildman–Crippen LogP) is 3.30. The highest BCUT2D eigenvalue weighted by Gasteiger charge is 2.23. The normalized spacial score (nSPS) is 13.8. The average Bonchev–Trinajstić information content (AvgIpc) is 3.26. The van der Waals surface area contributed by atoms with E-state index < -0.39 is 0 Å². The maximum absolute atomic E-state index is 12.8. The lowest BCUT2D eigenvalue weighted by atomic mass is 10.1. The monoisotopic (exact) mass is 451 g/mol. The fourth-order valence-corrected chi connectivity index (χ4v) is 4.21. The number of piperazine rings is 1.